The molecule has 1 heterocycles. The van der Waals surface area contributed by atoms with Crippen molar-refractivity contribution in [2.24, 2.45) is 0 Å². The molecular weight excluding hydrogens is 367 g/mol. The quantitative estimate of drug-likeness (QED) is 0.733. The van der Waals surface area contributed by atoms with Gasteiger partial charge in [-0.15, -0.1) is 0 Å². The SMILES string of the molecule is CS(=O)(=O)c1ccc(CNC(=O)c2cccc(-c3ccccc3F)n2)cc1. The van der Waals surface area contributed by atoms with Crippen LogP contribution in [0.5, 0.6) is 0 Å². The van der Waals surface area contributed by atoms with Crippen molar-refractivity contribution in [3.05, 3.63) is 83.8 Å². The lowest BCUT2D eigenvalue weighted by Gasteiger charge is -2.08. The largest absolute Gasteiger partial charge is 0.347 e. The molecule has 3 rings (SSSR count). The van der Waals surface area contributed by atoms with E-state index in [2.05, 4.69) is 10.3 Å². The van der Waals surface area contributed by atoms with Crippen LogP contribution in [0.25, 0.3) is 11.3 Å². The molecule has 5 nitrogen and oxygen atoms in total. The zero-order chi connectivity index (χ0) is 19.4. The van der Waals surface area contributed by atoms with Gasteiger partial charge >= 0.3 is 0 Å². The third kappa shape index (κ3) is 4.57. The van der Waals surface area contributed by atoms with E-state index < -0.39 is 21.6 Å². The predicted octanol–water partition coefficient (Wildman–Crippen LogP) is 3.22. The van der Waals surface area contributed by atoms with Crippen LogP contribution < -0.4 is 5.32 Å². The standard InChI is InChI=1S/C20H17FN2O3S/c1-27(25,26)15-11-9-14(10-12-15)13-22-20(24)19-8-4-7-18(23-19)16-5-2-3-6-17(16)21/h2-12H,13H2,1H3,(H,22,24). The Morgan fingerprint density at radius 1 is 1.00 bits per heavy atom. The summed E-state index contributed by atoms with van der Waals surface area (Å²) in [5.74, 6) is -0.811. The van der Waals surface area contributed by atoms with Crippen LogP contribution in [0, 0.1) is 5.82 Å². The predicted molar refractivity (Wildman–Crippen MR) is 100 cm³/mol. The number of halogens is 1. The first-order chi connectivity index (χ1) is 12.8. The molecule has 0 fully saturated rings. The van der Waals surface area contributed by atoms with Crippen LogP contribution in [0.15, 0.2) is 71.6 Å². The van der Waals surface area contributed by atoms with E-state index in [-0.39, 0.29) is 17.1 Å². The molecule has 7 heteroatoms. The van der Waals surface area contributed by atoms with Gasteiger partial charge in [0.05, 0.1) is 10.6 Å². The fourth-order valence-electron chi connectivity index (χ4n) is 2.51. The molecule has 0 saturated heterocycles. The zero-order valence-corrected chi connectivity index (χ0v) is 15.3. The van der Waals surface area contributed by atoms with E-state index in [1.54, 1.807) is 48.5 Å². The number of pyridine rings is 1. The van der Waals surface area contributed by atoms with Gasteiger partial charge in [0.25, 0.3) is 5.91 Å². The highest BCUT2D eigenvalue weighted by Gasteiger charge is 2.11. The van der Waals surface area contributed by atoms with Crippen molar-refractivity contribution >= 4 is 15.7 Å². The molecule has 0 spiro atoms. The number of nitrogens with zero attached hydrogens (tertiary/aromatic N) is 1. The minimum absolute atomic E-state index is 0.170. The van der Waals surface area contributed by atoms with Crippen LogP contribution in [0.4, 0.5) is 4.39 Å². The molecule has 0 aliphatic rings. The van der Waals surface area contributed by atoms with Crippen LogP contribution in [0.2, 0.25) is 0 Å². The van der Waals surface area contributed by atoms with Crippen LogP contribution >= 0.6 is 0 Å². The molecule has 1 amide bonds. The van der Waals surface area contributed by atoms with E-state index >= 15 is 0 Å². The Bertz CT molecular complexity index is 1080. The topological polar surface area (TPSA) is 76.1 Å². The second kappa shape index (κ2) is 7.67. The molecule has 138 valence electrons. The van der Waals surface area contributed by atoms with Gasteiger partial charge in [-0.3, -0.25) is 4.79 Å². The van der Waals surface area contributed by atoms with E-state index in [1.807, 2.05) is 0 Å². The van der Waals surface area contributed by atoms with Crippen molar-refractivity contribution in [2.75, 3.05) is 6.26 Å². The highest BCUT2D eigenvalue weighted by Crippen LogP contribution is 2.20. The molecule has 0 radical (unpaired) electrons. The summed E-state index contributed by atoms with van der Waals surface area (Å²) in [6.45, 7) is 0.217. The molecule has 0 unspecified atom stereocenters. The fourth-order valence-corrected chi connectivity index (χ4v) is 3.14. The third-order valence-electron chi connectivity index (χ3n) is 3.94. The van der Waals surface area contributed by atoms with Crippen molar-refractivity contribution in [3.8, 4) is 11.3 Å². The van der Waals surface area contributed by atoms with Gasteiger partial charge in [-0.1, -0.05) is 30.3 Å². The normalized spacial score (nSPS) is 11.2. The van der Waals surface area contributed by atoms with Gasteiger partial charge < -0.3 is 5.32 Å². The Hall–Kier alpha value is -3.06. The smallest absolute Gasteiger partial charge is 0.270 e. The first kappa shape index (κ1) is 18.7. The molecule has 0 bridgehead atoms. The number of carbonyl (C=O) groups is 1. The summed E-state index contributed by atoms with van der Waals surface area (Å²) < 4.78 is 36.8. The lowest BCUT2D eigenvalue weighted by molar-refractivity contribution is 0.0946. The third-order valence-corrected chi connectivity index (χ3v) is 5.06. The monoisotopic (exact) mass is 384 g/mol. The molecule has 0 atom stereocenters. The molecule has 2 aromatic carbocycles. The number of hydrogen-bond donors (Lipinski definition) is 1. The summed E-state index contributed by atoms with van der Waals surface area (Å²) in [6, 6.07) is 17.3. The van der Waals surface area contributed by atoms with Crippen LogP contribution in [0.1, 0.15) is 16.1 Å². The number of benzene rings is 2. The van der Waals surface area contributed by atoms with Crippen LogP contribution in [-0.2, 0) is 16.4 Å². The second-order valence-corrected chi connectivity index (χ2v) is 8.00. The number of carbonyl (C=O) groups excluding carboxylic acids is 1. The van der Waals surface area contributed by atoms with Crippen molar-refractivity contribution in [1.82, 2.24) is 10.3 Å². The highest BCUT2D eigenvalue weighted by molar-refractivity contribution is 7.90. The van der Waals surface area contributed by atoms with Crippen molar-refractivity contribution in [2.45, 2.75) is 11.4 Å². The van der Waals surface area contributed by atoms with Gasteiger partial charge in [0.15, 0.2) is 9.84 Å². The summed E-state index contributed by atoms with van der Waals surface area (Å²) in [7, 11) is -3.26. The molecule has 3 aromatic rings. The summed E-state index contributed by atoms with van der Waals surface area (Å²) in [5, 5.41) is 2.72. The highest BCUT2D eigenvalue weighted by atomic mass is 32.2. The molecule has 1 aromatic heterocycles. The molecule has 0 aliphatic carbocycles. The van der Waals surface area contributed by atoms with Gasteiger partial charge in [0.1, 0.15) is 11.5 Å². The maximum absolute atomic E-state index is 13.9. The summed E-state index contributed by atoms with van der Waals surface area (Å²) >= 11 is 0. The molecule has 1 N–H and O–H groups in total. The van der Waals surface area contributed by atoms with E-state index in [0.29, 0.717) is 11.3 Å². The number of amides is 1. The molecular formula is C20H17FN2O3S. The van der Waals surface area contributed by atoms with E-state index in [4.69, 9.17) is 0 Å². The Kier molecular flexibility index (Phi) is 5.32. The molecule has 0 saturated carbocycles. The van der Waals surface area contributed by atoms with Gasteiger partial charge in [-0.25, -0.2) is 17.8 Å². The first-order valence-corrected chi connectivity index (χ1v) is 10.0. The maximum Gasteiger partial charge on any atom is 0.270 e. The Labute approximate surface area is 156 Å². The average molecular weight is 384 g/mol. The van der Waals surface area contributed by atoms with Crippen molar-refractivity contribution < 1.29 is 17.6 Å². The van der Waals surface area contributed by atoms with Gasteiger partial charge in [0.2, 0.25) is 0 Å². The Morgan fingerprint density at radius 2 is 1.70 bits per heavy atom. The summed E-state index contributed by atoms with van der Waals surface area (Å²) in [5.41, 5.74) is 1.62. The van der Waals surface area contributed by atoms with Crippen LogP contribution in [0.3, 0.4) is 0 Å². The Morgan fingerprint density at radius 3 is 2.37 bits per heavy atom. The molecule has 27 heavy (non-hydrogen) atoms. The van der Waals surface area contributed by atoms with Gasteiger partial charge in [0, 0.05) is 18.4 Å². The number of sulfone groups is 1. The second-order valence-electron chi connectivity index (χ2n) is 5.99. The van der Waals surface area contributed by atoms with E-state index in [9.17, 15) is 17.6 Å². The number of aromatic nitrogens is 1. The van der Waals surface area contributed by atoms with Gasteiger partial charge in [-0.05, 0) is 42.0 Å². The zero-order valence-electron chi connectivity index (χ0n) is 14.5. The minimum atomic E-state index is -3.26. The average Bonchev–Trinajstić information content (AvgIpc) is 2.66. The maximum atomic E-state index is 13.9. The van der Waals surface area contributed by atoms with Crippen molar-refractivity contribution in [3.63, 3.8) is 0 Å². The number of nitrogens with one attached hydrogen (secondary N) is 1. The Balaban J connectivity index is 1.72. The number of hydrogen-bond acceptors (Lipinski definition) is 4. The minimum Gasteiger partial charge on any atom is -0.347 e. The first-order valence-electron chi connectivity index (χ1n) is 8.14. The lowest BCUT2D eigenvalue weighted by atomic mass is 10.1. The van der Waals surface area contributed by atoms with Gasteiger partial charge in [-0.2, -0.15) is 0 Å². The summed E-state index contributed by atoms with van der Waals surface area (Å²) in [4.78, 5) is 16.8. The fraction of sp³-hybridized carbons (Fsp3) is 0.100. The number of rotatable bonds is 5. The summed E-state index contributed by atoms with van der Waals surface area (Å²) in [6.07, 6.45) is 1.14. The van der Waals surface area contributed by atoms with E-state index in [0.717, 1.165) is 11.8 Å². The lowest BCUT2D eigenvalue weighted by Crippen LogP contribution is -2.23. The molecule has 0 aliphatic heterocycles. The van der Waals surface area contributed by atoms with Crippen molar-refractivity contribution in [1.29, 1.82) is 0 Å². The van der Waals surface area contributed by atoms with E-state index in [1.165, 1.54) is 18.2 Å². The van der Waals surface area contributed by atoms with Crippen LogP contribution in [-0.4, -0.2) is 25.6 Å².